The zero-order valence-electron chi connectivity index (χ0n) is 31.9. The number of carbonyl (C=O) groups excluding carboxylic acids is 1. The number of aromatic nitrogens is 2. The first kappa shape index (κ1) is 41.6. The minimum Gasteiger partial charge on any atom is -0.491 e. The molecule has 6 aromatic rings. The summed E-state index contributed by atoms with van der Waals surface area (Å²) in [6.07, 6.45) is 7.44. The predicted octanol–water partition coefficient (Wildman–Crippen LogP) is 9.28. The Hall–Kier alpha value is -4.53. The molecule has 6 rings (SSSR count). The average Bonchev–Trinajstić information content (AvgIpc) is 3.10. The summed E-state index contributed by atoms with van der Waals surface area (Å²) in [6, 6.07) is 10.5. The second-order valence-electron chi connectivity index (χ2n) is 15.2. The molecule has 292 valence electrons. The number of ether oxygens (including phenoxy) is 3. The molecular weight excluding hydrogens is 836 g/mol. The average molecular weight is 883 g/mol. The van der Waals surface area contributed by atoms with E-state index >= 15 is 0 Å². The van der Waals surface area contributed by atoms with Gasteiger partial charge < -0.3 is 34.1 Å². The van der Waals surface area contributed by atoms with Gasteiger partial charge in [-0.3, -0.25) is 9.97 Å². The van der Waals surface area contributed by atoms with Crippen molar-refractivity contribution in [3.8, 4) is 11.5 Å². The first-order valence-electron chi connectivity index (χ1n) is 18.0. The van der Waals surface area contributed by atoms with Crippen molar-refractivity contribution in [1.29, 1.82) is 0 Å². The molecule has 2 atom stereocenters. The molecule has 4 aromatic heterocycles. The molecule has 14 heteroatoms. The first-order valence-corrected chi connectivity index (χ1v) is 19.6. The van der Waals surface area contributed by atoms with E-state index in [0.29, 0.717) is 56.4 Å². The maximum absolute atomic E-state index is 12.3. The van der Waals surface area contributed by atoms with Crippen LogP contribution in [0, 0.1) is 11.8 Å². The molecule has 0 aliphatic heterocycles. The molecule has 0 unspecified atom stereocenters. The van der Waals surface area contributed by atoms with Gasteiger partial charge >= 0.3 is 17.3 Å². The van der Waals surface area contributed by atoms with Crippen molar-refractivity contribution in [2.45, 2.75) is 79.0 Å². The zero-order chi connectivity index (χ0) is 40.0. The molecule has 1 amide bonds. The second-order valence-corrected chi connectivity index (χ2v) is 16.9. The molecule has 0 aliphatic rings. The number of hydrogen-bond donors (Lipinski definition) is 2. The Labute approximate surface area is 335 Å². The largest absolute Gasteiger partial charge is 0.491 e. The Kier molecular flexibility index (Phi) is 13.6. The number of halogens is 2. The van der Waals surface area contributed by atoms with E-state index < -0.39 is 22.9 Å². The Bertz CT molecular complexity index is 2420. The quantitative estimate of drug-likeness (QED) is 0.0940. The third-order valence-electron chi connectivity index (χ3n) is 8.28. The lowest BCUT2D eigenvalue weighted by Crippen LogP contribution is -2.42. The molecule has 0 radical (unpaired) electrons. The predicted molar refractivity (Wildman–Crippen MR) is 222 cm³/mol. The van der Waals surface area contributed by atoms with Crippen molar-refractivity contribution < 1.29 is 27.8 Å². The fraction of sp³-hybridized carbons (Fsp3) is 0.390. The highest BCUT2D eigenvalue weighted by atomic mass is 79.9. The van der Waals surface area contributed by atoms with E-state index in [9.17, 15) is 14.4 Å². The van der Waals surface area contributed by atoms with E-state index in [1.54, 1.807) is 36.7 Å². The van der Waals surface area contributed by atoms with Crippen LogP contribution in [0.1, 0.15) is 61.3 Å². The van der Waals surface area contributed by atoms with Crippen LogP contribution in [0.4, 0.5) is 4.79 Å². The zero-order valence-corrected chi connectivity index (χ0v) is 35.1. The Morgan fingerprint density at radius 1 is 0.745 bits per heavy atom. The molecule has 4 heterocycles. The lowest BCUT2D eigenvalue weighted by atomic mass is 10.0. The van der Waals surface area contributed by atoms with Crippen LogP contribution in [0.2, 0.25) is 0 Å². The van der Waals surface area contributed by atoms with E-state index in [2.05, 4.69) is 74.8 Å². The second kappa shape index (κ2) is 17.9. The summed E-state index contributed by atoms with van der Waals surface area (Å²) in [4.78, 5) is 44.6. The Balaban J connectivity index is 0.000000218. The minimum absolute atomic E-state index is 0.0396. The molecule has 0 bridgehead atoms. The van der Waals surface area contributed by atoms with Crippen molar-refractivity contribution in [3.63, 3.8) is 0 Å². The van der Waals surface area contributed by atoms with Gasteiger partial charge in [-0.15, -0.1) is 0 Å². The number of fused-ring (bicyclic) bond motifs is 6. The summed E-state index contributed by atoms with van der Waals surface area (Å²) >= 11 is 7.06. The van der Waals surface area contributed by atoms with Gasteiger partial charge in [-0.1, -0.05) is 27.7 Å². The SMILES string of the molecule is CC(C)C[C@@H](COc1cc2oc(=O)c3cnccc3c2cc1Br)NC(=O)OC(C)(C)C.CC(C)C[C@H](N)COc1cc2oc(=O)c3cnccc3c2cc1Br. The molecule has 0 spiro atoms. The smallest absolute Gasteiger partial charge is 0.407 e. The van der Waals surface area contributed by atoms with Crippen molar-refractivity contribution >= 4 is 81.4 Å². The van der Waals surface area contributed by atoms with Crippen molar-refractivity contribution in [2.24, 2.45) is 17.6 Å². The van der Waals surface area contributed by atoms with Gasteiger partial charge in [0.1, 0.15) is 41.5 Å². The third-order valence-corrected chi connectivity index (χ3v) is 9.52. The van der Waals surface area contributed by atoms with Gasteiger partial charge in [-0.25, -0.2) is 14.4 Å². The maximum atomic E-state index is 12.3. The van der Waals surface area contributed by atoms with E-state index in [1.165, 1.54) is 12.4 Å². The summed E-state index contributed by atoms with van der Waals surface area (Å²) in [5.41, 5.74) is 5.53. The Morgan fingerprint density at radius 2 is 1.22 bits per heavy atom. The van der Waals surface area contributed by atoms with Crippen LogP contribution in [-0.2, 0) is 4.74 Å². The van der Waals surface area contributed by atoms with Crippen LogP contribution < -0.4 is 31.8 Å². The fourth-order valence-corrected chi connectivity index (χ4v) is 6.96. The van der Waals surface area contributed by atoms with Gasteiger partial charge in [-0.2, -0.15) is 0 Å². The highest BCUT2D eigenvalue weighted by Crippen LogP contribution is 2.34. The summed E-state index contributed by atoms with van der Waals surface area (Å²) < 4.78 is 29.6. The number of nitrogens with one attached hydrogen (secondary N) is 1. The van der Waals surface area contributed by atoms with Gasteiger partial charge in [0.15, 0.2) is 0 Å². The molecule has 0 saturated heterocycles. The lowest BCUT2D eigenvalue weighted by molar-refractivity contribution is 0.0480. The van der Waals surface area contributed by atoms with Crippen molar-refractivity contribution in [2.75, 3.05) is 13.2 Å². The number of amides is 1. The van der Waals surface area contributed by atoms with Crippen LogP contribution in [0.3, 0.4) is 0 Å². The summed E-state index contributed by atoms with van der Waals surface area (Å²) in [6.45, 7) is 14.5. The highest BCUT2D eigenvalue weighted by molar-refractivity contribution is 9.11. The van der Waals surface area contributed by atoms with E-state index in [0.717, 1.165) is 38.9 Å². The number of nitrogens with two attached hydrogens (primary N) is 1. The summed E-state index contributed by atoms with van der Waals surface area (Å²) in [7, 11) is 0. The molecule has 2 aromatic carbocycles. The minimum atomic E-state index is -0.579. The summed E-state index contributed by atoms with van der Waals surface area (Å²) in [5, 5.41) is 6.95. The lowest BCUT2D eigenvalue weighted by Gasteiger charge is -2.25. The van der Waals surface area contributed by atoms with Crippen LogP contribution in [0.15, 0.2) is 88.6 Å². The molecule has 0 aliphatic carbocycles. The van der Waals surface area contributed by atoms with Gasteiger partial charge in [-0.05, 0) is 102 Å². The molecule has 3 N–H and O–H groups in total. The molecule has 55 heavy (non-hydrogen) atoms. The highest BCUT2D eigenvalue weighted by Gasteiger charge is 2.22. The number of rotatable bonds is 11. The number of hydrogen-bond acceptors (Lipinski definition) is 11. The molecule has 0 saturated carbocycles. The van der Waals surface area contributed by atoms with E-state index in [-0.39, 0.29) is 18.7 Å². The van der Waals surface area contributed by atoms with E-state index in [4.69, 9.17) is 28.8 Å². The number of nitrogens with zero attached hydrogens (tertiary/aromatic N) is 2. The molecule has 0 fully saturated rings. The van der Waals surface area contributed by atoms with Crippen molar-refractivity contribution in [3.05, 3.63) is 91.0 Å². The fourth-order valence-electron chi connectivity index (χ4n) is 6.05. The maximum Gasteiger partial charge on any atom is 0.407 e. The van der Waals surface area contributed by atoms with Crippen LogP contribution in [-0.4, -0.2) is 47.0 Å². The molecular formula is C41H46Br2N4O8. The van der Waals surface area contributed by atoms with Gasteiger partial charge in [0.25, 0.3) is 0 Å². The van der Waals surface area contributed by atoms with Crippen LogP contribution >= 0.6 is 31.9 Å². The number of benzene rings is 2. The van der Waals surface area contributed by atoms with E-state index in [1.807, 2.05) is 32.9 Å². The number of pyridine rings is 2. The van der Waals surface area contributed by atoms with Crippen LogP contribution in [0.25, 0.3) is 43.5 Å². The Morgan fingerprint density at radius 3 is 1.67 bits per heavy atom. The molecule has 12 nitrogen and oxygen atoms in total. The van der Waals surface area contributed by atoms with Gasteiger partial charge in [0.05, 0.1) is 25.8 Å². The first-order chi connectivity index (χ1) is 26.0. The normalized spacial score (nSPS) is 12.9. The topological polar surface area (TPSA) is 169 Å². The number of alkyl carbamates (subject to hydrolysis) is 1. The van der Waals surface area contributed by atoms with Gasteiger partial charge in [0.2, 0.25) is 0 Å². The summed E-state index contributed by atoms with van der Waals surface area (Å²) in [5.74, 6) is 1.99. The number of carbonyl (C=O) groups is 1. The van der Waals surface area contributed by atoms with Gasteiger partial charge in [0, 0.05) is 64.5 Å². The standard InChI is InChI=1S/C23H27BrN2O5.C18H19BrN2O3/c1-13(2)8-14(26-22(28)31-23(3,4)5)12-29-20-10-19-16(9-18(20)24)15-6-7-25-11-17(15)21(27)30-19;1-10(2)5-11(20)9-23-17-7-16-13(6-15(17)19)12-3-4-21-8-14(12)18(22)24-16/h6-7,9-11,13-14H,8,12H2,1-5H3,(H,26,28);3-4,6-8,10-11H,5,9,20H2,1-2H3/t14-;11-/m00/s1. The monoisotopic (exact) mass is 880 g/mol. The van der Waals surface area contributed by atoms with Crippen molar-refractivity contribution in [1.82, 2.24) is 15.3 Å². The third kappa shape index (κ3) is 11.0. The van der Waals surface area contributed by atoms with Crippen LogP contribution in [0.5, 0.6) is 11.5 Å².